The van der Waals surface area contributed by atoms with Crippen molar-refractivity contribution in [2.24, 2.45) is 17.8 Å². The van der Waals surface area contributed by atoms with Crippen LogP contribution in [0.3, 0.4) is 0 Å². The Labute approximate surface area is 104 Å². The summed E-state index contributed by atoms with van der Waals surface area (Å²) in [6.45, 7) is 2.93. The standard InChI is InChI=1S/C14H22N2O/c1-3-6-15-9-14(17)16-10(2)13-8-11-4-5-12(13)7-11/h1,10-13,15H,4-9H2,2H3,(H,16,17). The van der Waals surface area contributed by atoms with Gasteiger partial charge >= 0.3 is 0 Å². The van der Waals surface area contributed by atoms with Crippen LogP contribution in [-0.4, -0.2) is 25.0 Å². The number of terminal acetylenes is 1. The maximum absolute atomic E-state index is 11.6. The van der Waals surface area contributed by atoms with Gasteiger partial charge in [-0.1, -0.05) is 12.3 Å². The van der Waals surface area contributed by atoms with Crippen LogP contribution in [0.1, 0.15) is 32.6 Å². The number of hydrogen-bond acceptors (Lipinski definition) is 2. The van der Waals surface area contributed by atoms with Gasteiger partial charge < -0.3 is 5.32 Å². The van der Waals surface area contributed by atoms with Gasteiger partial charge in [0.1, 0.15) is 0 Å². The summed E-state index contributed by atoms with van der Waals surface area (Å²) in [6, 6.07) is 0.311. The second-order valence-electron chi connectivity index (χ2n) is 5.50. The molecule has 2 aliphatic carbocycles. The first-order valence-electron chi connectivity index (χ1n) is 6.64. The lowest BCUT2D eigenvalue weighted by Gasteiger charge is -2.28. The highest BCUT2D eigenvalue weighted by atomic mass is 16.1. The minimum absolute atomic E-state index is 0.0653. The summed E-state index contributed by atoms with van der Waals surface area (Å²) in [6.07, 6.45) is 10.6. The molecule has 2 aliphatic rings. The highest BCUT2D eigenvalue weighted by Crippen LogP contribution is 2.49. The van der Waals surface area contributed by atoms with Crippen LogP contribution in [-0.2, 0) is 4.79 Å². The molecule has 4 atom stereocenters. The van der Waals surface area contributed by atoms with E-state index in [1.54, 1.807) is 0 Å². The summed E-state index contributed by atoms with van der Waals surface area (Å²) in [5.41, 5.74) is 0. The Kier molecular flexibility index (Phi) is 4.06. The average Bonchev–Trinajstić information content (AvgIpc) is 2.91. The van der Waals surface area contributed by atoms with E-state index < -0.39 is 0 Å². The first-order valence-corrected chi connectivity index (χ1v) is 6.64. The maximum Gasteiger partial charge on any atom is 0.234 e. The molecule has 4 unspecified atom stereocenters. The zero-order valence-corrected chi connectivity index (χ0v) is 10.5. The van der Waals surface area contributed by atoms with Crippen molar-refractivity contribution in [2.75, 3.05) is 13.1 Å². The number of carbonyl (C=O) groups is 1. The summed E-state index contributed by atoms with van der Waals surface area (Å²) < 4.78 is 0. The number of carbonyl (C=O) groups excluding carboxylic acids is 1. The molecule has 3 heteroatoms. The second kappa shape index (κ2) is 5.55. The van der Waals surface area contributed by atoms with Crippen LogP contribution >= 0.6 is 0 Å². The molecule has 94 valence electrons. The predicted molar refractivity (Wildman–Crippen MR) is 68.2 cm³/mol. The van der Waals surface area contributed by atoms with Crippen LogP contribution in [0.15, 0.2) is 0 Å². The van der Waals surface area contributed by atoms with E-state index in [0.29, 0.717) is 25.0 Å². The fourth-order valence-electron chi connectivity index (χ4n) is 3.57. The van der Waals surface area contributed by atoms with E-state index in [4.69, 9.17) is 6.42 Å². The number of nitrogens with one attached hydrogen (secondary N) is 2. The summed E-state index contributed by atoms with van der Waals surface area (Å²) in [5.74, 6) is 5.02. The van der Waals surface area contributed by atoms with Crippen LogP contribution in [0.2, 0.25) is 0 Å². The number of rotatable bonds is 5. The Morgan fingerprint density at radius 2 is 2.29 bits per heavy atom. The van der Waals surface area contributed by atoms with Crippen molar-refractivity contribution >= 4 is 5.91 Å². The second-order valence-corrected chi connectivity index (χ2v) is 5.50. The molecule has 0 spiro atoms. The van der Waals surface area contributed by atoms with Crippen molar-refractivity contribution in [1.82, 2.24) is 10.6 Å². The Balaban J connectivity index is 1.72. The monoisotopic (exact) mass is 234 g/mol. The molecule has 2 N–H and O–H groups in total. The molecule has 0 aromatic carbocycles. The molecule has 0 aromatic heterocycles. The van der Waals surface area contributed by atoms with Gasteiger partial charge in [0.05, 0.1) is 13.1 Å². The largest absolute Gasteiger partial charge is 0.352 e. The van der Waals surface area contributed by atoms with Crippen molar-refractivity contribution < 1.29 is 4.79 Å². The summed E-state index contributed by atoms with van der Waals surface area (Å²) in [4.78, 5) is 11.6. The zero-order chi connectivity index (χ0) is 12.3. The van der Waals surface area contributed by atoms with Gasteiger partial charge in [-0.2, -0.15) is 0 Å². The van der Waals surface area contributed by atoms with E-state index in [9.17, 15) is 4.79 Å². The van der Waals surface area contributed by atoms with E-state index in [0.717, 1.165) is 11.8 Å². The van der Waals surface area contributed by atoms with Gasteiger partial charge in [0.25, 0.3) is 0 Å². The first kappa shape index (κ1) is 12.4. The van der Waals surface area contributed by atoms with Crippen LogP contribution in [0, 0.1) is 30.1 Å². The Bertz CT molecular complexity index is 321. The van der Waals surface area contributed by atoms with Crippen LogP contribution in [0.5, 0.6) is 0 Å². The Hall–Kier alpha value is -1.01. The lowest BCUT2D eigenvalue weighted by Crippen LogP contribution is -2.43. The average molecular weight is 234 g/mol. The highest BCUT2D eigenvalue weighted by Gasteiger charge is 2.41. The van der Waals surface area contributed by atoms with Gasteiger partial charge in [0.2, 0.25) is 5.91 Å². The highest BCUT2D eigenvalue weighted by molar-refractivity contribution is 5.78. The molecule has 2 fully saturated rings. The van der Waals surface area contributed by atoms with E-state index in [-0.39, 0.29) is 5.91 Å². The van der Waals surface area contributed by atoms with E-state index >= 15 is 0 Å². The SMILES string of the molecule is C#CCNCC(=O)NC(C)C1CC2CCC1C2. The van der Waals surface area contributed by atoms with E-state index in [1.807, 2.05) is 0 Å². The van der Waals surface area contributed by atoms with Crippen molar-refractivity contribution in [2.45, 2.75) is 38.6 Å². The lowest BCUT2D eigenvalue weighted by molar-refractivity contribution is -0.121. The van der Waals surface area contributed by atoms with E-state index in [1.165, 1.54) is 25.7 Å². The number of hydrogen-bond donors (Lipinski definition) is 2. The molecule has 0 heterocycles. The minimum atomic E-state index is 0.0653. The van der Waals surface area contributed by atoms with Crippen LogP contribution in [0.4, 0.5) is 0 Å². The van der Waals surface area contributed by atoms with Crippen LogP contribution < -0.4 is 10.6 Å². The molecule has 0 radical (unpaired) electrons. The van der Waals surface area contributed by atoms with Crippen molar-refractivity contribution in [3.63, 3.8) is 0 Å². The van der Waals surface area contributed by atoms with Gasteiger partial charge in [-0.05, 0) is 43.9 Å². The molecule has 2 saturated carbocycles. The summed E-state index contributed by atoms with van der Waals surface area (Å²) in [5, 5.41) is 6.01. The van der Waals surface area contributed by atoms with Crippen molar-refractivity contribution in [1.29, 1.82) is 0 Å². The third kappa shape index (κ3) is 3.01. The summed E-state index contributed by atoms with van der Waals surface area (Å²) in [7, 11) is 0. The Morgan fingerprint density at radius 1 is 1.47 bits per heavy atom. The quantitative estimate of drug-likeness (QED) is 0.553. The third-order valence-electron chi connectivity index (χ3n) is 4.34. The molecule has 0 saturated heterocycles. The topological polar surface area (TPSA) is 41.1 Å². The van der Waals surface area contributed by atoms with Gasteiger partial charge in [0.15, 0.2) is 0 Å². The van der Waals surface area contributed by atoms with Gasteiger partial charge in [0, 0.05) is 6.04 Å². The number of amides is 1. The van der Waals surface area contributed by atoms with Gasteiger partial charge in [-0.25, -0.2) is 0 Å². The molecule has 0 aliphatic heterocycles. The molecule has 17 heavy (non-hydrogen) atoms. The van der Waals surface area contributed by atoms with Gasteiger partial charge in [-0.3, -0.25) is 10.1 Å². The number of fused-ring (bicyclic) bond motifs is 2. The van der Waals surface area contributed by atoms with E-state index in [2.05, 4.69) is 23.5 Å². The lowest BCUT2D eigenvalue weighted by atomic mass is 9.84. The van der Waals surface area contributed by atoms with Crippen molar-refractivity contribution in [3.8, 4) is 12.3 Å². The van der Waals surface area contributed by atoms with Crippen LogP contribution in [0.25, 0.3) is 0 Å². The van der Waals surface area contributed by atoms with Gasteiger partial charge in [-0.15, -0.1) is 6.42 Å². The molecule has 2 bridgehead atoms. The third-order valence-corrected chi connectivity index (χ3v) is 4.34. The first-order chi connectivity index (χ1) is 8.20. The molecule has 2 rings (SSSR count). The molecule has 1 amide bonds. The molecular weight excluding hydrogens is 212 g/mol. The summed E-state index contributed by atoms with van der Waals surface area (Å²) >= 11 is 0. The maximum atomic E-state index is 11.6. The molecule has 3 nitrogen and oxygen atoms in total. The fraction of sp³-hybridized carbons (Fsp3) is 0.786. The Morgan fingerprint density at radius 3 is 2.88 bits per heavy atom. The van der Waals surface area contributed by atoms with Crippen molar-refractivity contribution in [3.05, 3.63) is 0 Å². The smallest absolute Gasteiger partial charge is 0.234 e. The molecule has 0 aromatic rings. The molecular formula is C14H22N2O. The normalized spacial score (nSPS) is 32.1. The fourth-order valence-corrected chi connectivity index (χ4v) is 3.57. The minimum Gasteiger partial charge on any atom is -0.352 e. The predicted octanol–water partition coefficient (Wildman–Crippen LogP) is 1.15. The zero-order valence-electron chi connectivity index (χ0n) is 10.5.